The largest absolute Gasteiger partial charge is 0.478 e. The van der Waals surface area contributed by atoms with E-state index in [2.05, 4.69) is 0 Å². The second-order valence-electron chi connectivity index (χ2n) is 10.00. The monoisotopic (exact) mass is 596 g/mol. The average molecular weight is 597 g/mol. The normalized spacial score (nSPS) is 15.0. The summed E-state index contributed by atoms with van der Waals surface area (Å²) >= 11 is 1.10. The summed E-state index contributed by atoms with van der Waals surface area (Å²) in [6.07, 6.45) is -11.8. The lowest BCUT2D eigenvalue weighted by Crippen LogP contribution is -2.42. The number of ketones is 1. The van der Waals surface area contributed by atoms with Crippen LogP contribution in [0.25, 0.3) is 0 Å². The van der Waals surface area contributed by atoms with Gasteiger partial charge in [-0.25, -0.2) is 9.59 Å². The molecule has 5 nitrogen and oxygen atoms in total. The number of carbonyl (C=O) groups is 3. The molecular formula is C29H22F6O5S. The van der Waals surface area contributed by atoms with Crippen LogP contribution < -0.4 is 0 Å². The Kier molecular flexibility index (Phi) is 7.76. The Morgan fingerprint density at radius 2 is 1.29 bits per heavy atom. The highest BCUT2D eigenvalue weighted by atomic mass is 32.2. The van der Waals surface area contributed by atoms with Crippen molar-refractivity contribution in [1.29, 1.82) is 0 Å². The fourth-order valence-electron chi connectivity index (χ4n) is 5.45. The third-order valence-corrected chi connectivity index (χ3v) is 8.55. The van der Waals surface area contributed by atoms with Gasteiger partial charge in [-0.3, -0.25) is 4.79 Å². The first-order valence-electron chi connectivity index (χ1n) is 12.1. The fourth-order valence-corrected chi connectivity index (χ4v) is 6.80. The van der Waals surface area contributed by atoms with Crippen LogP contribution in [-0.2, 0) is 25.2 Å². The summed E-state index contributed by atoms with van der Waals surface area (Å²) < 4.78 is 85.3. The predicted octanol–water partition coefficient (Wildman–Crippen LogP) is 7.50. The zero-order chi connectivity index (χ0) is 30.5. The molecule has 0 bridgehead atoms. The van der Waals surface area contributed by atoms with Gasteiger partial charge in [-0.05, 0) is 61.6 Å². The number of Topliss-reactive ketones (excluding diaryl/α,β-unsaturated/α-hetero) is 1. The van der Waals surface area contributed by atoms with Gasteiger partial charge in [0.2, 0.25) is 0 Å². The van der Waals surface area contributed by atoms with Crippen LogP contribution in [0.1, 0.15) is 64.5 Å². The Morgan fingerprint density at radius 1 is 0.829 bits per heavy atom. The zero-order valence-corrected chi connectivity index (χ0v) is 22.4. The van der Waals surface area contributed by atoms with E-state index < -0.39 is 81.7 Å². The smallest absolute Gasteiger partial charge is 0.417 e. The lowest BCUT2D eigenvalue weighted by molar-refractivity contribution is -0.139. The van der Waals surface area contributed by atoms with E-state index in [-0.39, 0.29) is 11.3 Å². The van der Waals surface area contributed by atoms with E-state index in [9.17, 15) is 50.9 Å². The van der Waals surface area contributed by atoms with Gasteiger partial charge in [0.15, 0.2) is 5.78 Å². The molecule has 0 saturated carbocycles. The Morgan fingerprint density at radius 3 is 1.71 bits per heavy atom. The molecule has 0 atom stereocenters. The molecule has 0 fully saturated rings. The molecule has 1 aliphatic heterocycles. The van der Waals surface area contributed by atoms with Crippen molar-refractivity contribution < 1.29 is 50.9 Å². The number of rotatable bonds is 6. The number of thioether (sulfide) groups is 1. The summed E-state index contributed by atoms with van der Waals surface area (Å²) in [5.41, 5.74) is -6.66. The molecule has 0 spiro atoms. The van der Waals surface area contributed by atoms with Gasteiger partial charge in [-0.1, -0.05) is 35.9 Å². The maximum atomic E-state index is 14.2. The standard InChI is InChI=1S/C29H22F6O5S/c1-14-9-15(2)23-20(10-14)24(36)27(13-41-23,11-16-5-3-7-18(25(37)38)21(16)28(30,31)32)12-17-6-4-8-19(26(39)40)22(17)29(33,34)35/h3-10H,11-13H2,1-2H3,(H,37,38)(H,39,40). The fraction of sp³-hybridized carbons (Fsp3) is 0.276. The number of aromatic carboxylic acids is 2. The molecule has 1 heterocycles. The van der Waals surface area contributed by atoms with Gasteiger partial charge < -0.3 is 10.2 Å². The SMILES string of the molecule is Cc1cc(C)c2c(c1)C(=O)C(Cc1cccc(C(=O)O)c1C(F)(F)F)(Cc1cccc(C(=O)O)c1C(F)(F)F)CS2. The van der Waals surface area contributed by atoms with E-state index >= 15 is 0 Å². The molecule has 1 aliphatic rings. The third-order valence-electron chi connectivity index (χ3n) is 7.03. The lowest BCUT2D eigenvalue weighted by atomic mass is 9.70. The van der Waals surface area contributed by atoms with E-state index in [4.69, 9.17) is 0 Å². The molecule has 216 valence electrons. The number of hydrogen-bond acceptors (Lipinski definition) is 4. The highest BCUT2D eigenvalue weighted by Gasteiger charge is 2.48. The first kappa shape index (κ1) is 30.2. The second-order valence-corrected chi connectivity index (χ2v) is 11.0. The van der Waals surface area contributed by atoms with Gasteiger partial charge in [-0.2, -0.15) is 26.3 Å². The minimum Gasteiger partial charge on any atom is -0.478 e. The summed E-state index contributed by atoms with van der Waals surface area (Å²) in [5, 5.41) is 18.9. The number of aryl methyl sites for hydroxylation is 2. The van der Waals surface area contributed by atoms with Gasteiger partial charge in [-0.15, -0.1) is 11.8 Å². The summed E-state index contributed by atoms with van der Waals surface area (Å²) in [6, 6.07) is 9.00. The van der Waals surface area contributed by atoms with Crippen LogP contribution in [0.15, 0.2) is 53.4 Å². The molecular weight excluding hydrogens is 574 g/mol. The topological polar surface area (TPSA) is 91.7 Å². The van der Waals surface area contributed by atoms with Crippen molar-refractivity contribution in [3.8, 4) is 0 Å². The number of carbonyl (C=O) groups excluding carboxylic acids is 1. The van der Waals surface area contributed by atoms with Crippen LogP contribution in [0.5, 0.6) is 0 Å². The van der Waals surface area contributed by atoms with Crippen LogP contribution in [-0.4, -0.2) is 33.7 Å². The third kappa shape index (κ3) is 5.70. The van der Waals surface area contributed by atoms with Crippen molar-refractivity contribution in [2.75, 3.05) is 5.75 Å². The van der Waals surface area contributed by atoms with Gasteiger partial charge in [0, 0.05) is 16.2 Å². The number of benzene rings is 3. The summed E-state index contributed by atoms with van der Waals surface area (Å²) in [5.74, 6) is -4.66. The van der Waals surface area contributed by atoms with E-state index in [1.807, 2.05) is 0 Å². The number of halogens is 6. The van der Waals surface area contributed by atoms with Gasteiger partial charge in [0.25, 0.3) is 0 Å². The van der Waals surface area contributed by atoms with Crippen LogP contribution in [0.2, 0.25) is 0 Å². The molecule has 2 N–H and O–H groups in total. The Hall–Kier alpha value is -3.80. The van der Waals surface area contributed by atoms with E-state index in [1.165, 1.54) is 6.07 Å². The molecule has 4 rings (SSSR count). The molecule has 12 heteroatoms. The minimum atomic E-state index is -5.15. The zero-order valence-electron chi connectivity index (χ0n) is 21.5. The van der Waals surface area contributed by atoms with Crippen LogP contribution in [0, 0.1) is 19.3 Å². The first-order chi connectivity index (χ1) is 19.0. The van der Waals surface area contributed by atoms with E-state index in [0.717, 1.165) is 48.2 Å². The molecule has 3 aromatic rings. The molecule has 3 aromatic carbocycles. The highest BCUT2D eigenvalue weighted by molar-refractivity contribution is 7.99. The number of carboxylic acids is 2. The van der Waals surface area contributed by atoms with Crippen molar-refractivity contribution in [2.45, 2.75) is 43.9 Å². The summed E-state index contributed by atoms with van der Waals surface area (Å²) in [4.78, 5) is 38.1. The molecule has 41 heavy (non-hydrogen) atoms. The number of hydrogen-bond donors (Lipinski definition) is 2. The quantitative estimate of drug-likeness (QED) is 0.287. The van der Waals surface area contributed by atoms with Crippen molar-refractivity contribution in [1.82, 2.24) is 0 Å². The average Bonchev–Trinajstić information content (AvgIpc) is 2.84. The Balaban J connectivity index is 2.00. The Labute approximate surface area is 234 Å². The van der Waals surface area contributed by atoms with E-state index in [1.54, 1.807) is 19.9 Å². The highest BCUT2D eigenvalue weighted by Crippen LogP contribution is 2.48. The Bertz CT molecular complexity index is 1500. The molecule has 0 radical (unpaired) electrons. The van der Waals surface area contributed by atoms with Crippen LogP contribution in [0.3, 0.4) is 0 Å². The summed E-state index contributed by atoms with van der Waals surface area (Å²) in [6.45, 7) is 3.42. The van der Waals surface area contributed by atoms with Crippen LogP contribution in [0.4, 0.5) is 26.3 Å². The van der Waals surface area contributed by atoms with Crippen molar-refractivity contribution >= 4 is 29.5 Å². The van der Waals surface area contributed by atoms with Crippen molar-refractivity contribution in [3.63, 3.8) is 0 Å². The van der Waals surface area contributed by atoms with Crippen molar-refractivity contribution in [3.05, 3.63) is 98.6 Å². The molecule has 0 aromatic heterocycles. The lowest BCUT2D eigenvalue weighted by Gasteiger charge is -2.38. The molecule has 0 unspecified atom stereocenters. The van der Waals surface area contributed by atoms with Gasteiger partial charge >= 0.3 is 24.3 Å². The molecule has 0 saturated heterocycles. The minimum absolute atomic E-state index is 0.129. The van der Waals surface area contributed by atoms with E-state index in [0.29, 0.717) is 16.0 Å². The second kappa shape index (κ2) is 10.6. The van der Waals surface area contributed by atoms with Gasteiger partial charge in [0.1, 0.15) is 0 Å². The molecule has 0 amide bonds. The maximum absolute atomic E-state index is 14.2. The number of carboxylic acid groups (broad SMARTS) is 2. The number of fused-ring (bicyclic) bond motifs is 1. The number of alkyl halides is 6. The van der Waals surface area contributed by atoms with Gasteiger partial charge in [0.05, 0.1) is 27.7 Å². The molecule has 0 aliphatic carbocycles. The van der Waals surface area contributed by atoms with Crippen LogP contribution >= 0.6 is 11.8 Å². The summed E-state index contributed by atoms with van der Waals surface area (Å²) in [7, 11) is 0. The first-order valence-corrected chi connectivity index (χ1v) is 13.1. The van der Waals surface area contributed by atoms with Crippen molar-refractivity contribution in [2.24, 2.45) is 5.41 Å². The maximum Gasteiger partial charge on any atom is 0.417 e. The predicted molar refractivity (Wildman–Crippen MR) is 138 cm³/mol.